The van der Waals surface area contributed by atoms with Crippen molar-refractivity contribution < 1.29 is 4.74 Å². The molecule has 2 heteroatoms. The summed E-state index contributed by atoms with van der Waals surface area (Å²) in [6, 6.07) is 4.39. The number of ether oxygens (including phenoxy) is 1. The summed E-state index contributed by atoms with van der Waals surface area (Å²) in [5.41, 5.74) is 9.46. The van der Waals surface area contributed by atoms with Crippen molar-refractivity contribution >= 4 is 0 Å². The summed E-state index contributed by atoms with van der Waals surface area (Å²) < 4.78 is 5.50. The summed E-state index contributed by atoms with van der Waals surface area (Å²) in [5, 5.41) is 0. The highest BCUT2D eigenvalue weighted by Crippen LogP contribution is 2.34. The van der Waals surface area contributed by atoms with Gasteiger partial charge in [-0.25, -0.2) is 0 Å². The predicted molar refractivity (Wildman–Crippen MR) is 69.2 cm³/mol. The molecular formula is C14H23NO. The summed E-state index contributed by atoms with van der Waals surface area (Å²) in [6.07, 6.45) is 0.925. The van der Waals surface area contributed by atoms with Crippen molar-refractivity contribution in [1.82, 2.24) is 0 Å². The van der Waals surface area contributed by atoms with E-state index in [1.165, 1.54) is 16.7 Å². The van der Waals surface area contributed by atoms with Gasteiger partial charge in [0.2, 0.25) is 0 Å². The maximum absolute atomic E-state index is 5.61. The maximum atomic E-state index is 5.61. The number of methoxy groups -OCH3 is 1. The molecule has 0 aliphatic heterocycles. The Kier molecular flexibility index (Phi) is 3.98. The smallest absolute Gasteiger partial charge is 0.125 e. The molecule has 16 heavy (non-hydrogen) atoms. The quantitative estimate of drug-likeness (QED) is 0.852. The molecule has 1 aromatic carbocycles. The predicted octanol–water partition coefficient (Wildman–Crippen LogP) is 2.80. The van der Waals surface area contributed by atoms with Crippen LogP contribution in [0.1, 0.15) is 37.5 Å². The molecule has 0 unspecified atom stereocenters. The van der Waals surface area contributed by atoms with E-state index >= 15 is 0 Å². The van der Waals surface area contributed by atoms with Gasteiger partial charge in [-0.3, -0.25) is 0 Å². The Labute approximate surface area is 98.8 Å². The molecule has 0 heterocycles. The van der Waals surface area contributed by atoms with Gasteiger partial charge in [0.05, 0.1) is 7.11 Å². The molecule has 0 amide bonds. The number of rotatable bonds is 3. The van der Waals surface area contributed by atoms with Gasteiger partial charge < -0.3 is 10.5 Å². The monoisotopic (exact) mass is 221 g/mol. The maximum Gasteiger partial charge on any atom is 0.125 e. The van der Waals surface area contributed by atoms with Crippen LogP contribution in [-0.4, -0.2) is 13.7 Å². The standard InChI is InChI=1S/C14H23NO/c1-10-8-11(6-7-15)9-12(13(10)16-5)14(2,3)4/h8-9H,6-7,15H2,1-5H3. The van der Waals surface area contributed by atoms with E-state index in [2.05, 4.69) is 39.8 Å². The van der Waals surface area contributed by atoms with Gasteiger partial charge in [-0.05, 0) is 36.4 Å². The molecule has 0 bridgehead atoms. The Morgan fingerprint density at radius 3 is 2.31 bits per heavy atom. The summed E-state index contributed by atoms with van der Waals surface area (Å²) in [6.45, 7) is 9.40. The van der Waals surface area contributed by atoms with Crippen molar-refractivity contribution in [3.8, 4) is 5.75 Å². The molecule has 0 spiro atoms. The summed E-state index contributed by atoms with van der Waals surface area (Å²) >= 11 is 0. The van der Waals surface area contributed by atoms with Crippen molar-refractivity contribution in [3.63, 3.8) is 0 Å². The van der Waals surface area contributed by atoms with Gasteiger partial charge >= 0.3 is 0 Å². The fourth-order valence-electron chi connectivity index (χ4n) is 1.99. The first-order valence-corrected chi connectivity index (χ1v) is 5.78. The van der Waals surface area contributed by atoms with Crippen LogP contribution < -0.4 is 10.5 Å². The third-order valence-corrected chi connectivity index (χ3v) is 2.78. The van der Waals surface area contributed by atoms with E-state index in [9.17, 15) is 0 Å². The van der Waals surface area contributed by atoms with Crippen LogP contribution in [0.4, 0.5) is 0 Å². The molecule has 0 atom stereocenters. The number of benzene rings is 1. The van der Waals surface area contributed by atoms with Crippen LogP contribution in [-0.2, 0) is 11.8 Å². The first kappa shape index (κ1) is 13.0. The highest BCUT2D eigenvalue weighted by atomic mass is 16.5. The highest BCUT2D eigenvalue weighted by Gasteiger charge is 2.20. The van der Waals surface area contributed by atoms with E-state index in [4.69, 9.17) is 10.5 Å². The van der Waals surface area contributed by atoms with Crippen LogP contribution >= 0.6 is 0 Å². The molecule has 0 saturated carbocycles. The fraction of sp³-hybridized carbons (Fsp3) is 0.571. The largest absolute Gasteiger partial charge is 0.496 e. The lowest BCUT2D eigenvalue weighted by molar-refractivity contribution is 0.394. The number of hydrogen-bond acceptors (Lipinski definition) is 2. The zero-order chi connectivity index (χ0) is 12.3. The van der Waals surface area contributed by atoms with Crippen molar-refractivity contribution in [3.05, 3.63) is 28.8 Å². The number of aryl methyl sites for hydroxylation is 1. The molecule has 0 fully saturated rings. The SMILES string of the molecule is COc1c(C)cc(CCN)cc1C(C)(C)C. The minimum Gasteiger partial charge on any atom is -0.496 e. The topological polar surface area (TPSA) is 35.2 Å². The summed E-state index contributed by atoms with van der Waals surface area (Å²) in [4.78, 5) is 0. The van der Waals surface area contributed by atoms with Gasteiger partial charge in [-0.15, -0.1) is 0 Å². The summed E-state index contributed by atoms with van der Waals surface area (Å²) in [5.74, 6) is 1.01. The number of nitrogens with two attached hydrogens (primary N) is 1. The molecule has 2 N–H and O–H groups in total. The average molecular weight is 221 g/mol. The second-order valence-electron chi connectivity index (χ2n) is 5.28. The second kappa shape index (κ2) is 4.88. The third-order valence-electron chi connectivity index (χ3n) is 2.78. The van der Waals surface area contributed by atoms with E-state index in [0.717, 1.165) is 12.2 Å². The molecule has 0 aliphatic rings. The van der Waals surface area contributed by atoms with Gasteiger partial charge in [-0.2, -0.15) is 0 Å². The molecule has 0 aromatic heterocycles. The van der Waals surface area contributed by atoms with Crippen LogP contribution in [0, 0.1) is 6.92 Å². The van der Waals surface area contributed by atoms with Crippen LogP contribution in [0.15, 0.2) is 12.1 Å². The molecule has 0 saturated heterocycles. The van der Waals surface area contributed by atoms with Crippen molar-refractivity contribution in [2.24, 2.45) is 5.73 Å². The molecule has 90 valence electrons. The molecular weight excluding hydrogens is 198 g/mol. The zero-order valence-electron chi connectivity index (χ0n) is 11.1. The highest BCUT2D eigenvalue weighted by molar-refractivity contribution is 5.47. The Balaban J connectivity index is 3.31. The van der Waals surface area contributed by atoms with E-state index < -0.39 is 0 Å². The van der Waals surface area contributed by atoms with Crippen LogP contribution in [0.5, 0.6) is 5.75 Å². The van der Waals surface area contributed by atoms with Crippen molar-refractivity contribution in [1.29, 1.82) is 0 Å². The zero-order valence-corrected chi connectivity index (χ0v) is 11.1. The van der Waals surface area contributed by atoms with Crippen molar-refractivity contribution in [2.45, 2.75) is 39.5 Å². The minimum absolute atomic E-state index is 0.0979. The van der Waals surface area contributed by atoms with E-state index in [1.54, 1.807) is 7.11 Å². The van der Waals surface area contributed by atoms with Gasteiger partial charge in [0.25, 0.3) is 0 Å². The molecule has 2 nitrogen and oxygen atoms in total. The van der Waals surface area contributed by atoms with Gasteiger partial charge in [-0.1, -0.05) is 32.9 Å². The van der Waals surface area contributed by atoms with E-state index in [1.807, 2.05) is 0 Å². The van der Waals surface area contributed by atoms with Gasteiger partial charge in [0.15, 0.2) is 0 Å². The summed E-state index contributed by atoms with van der Waals surface area (Å²) in [7, 11) is 1.74. The average Bonchev–Trinajstić information content (AvgIpc) is 2.16. The van der Waals surface area contributed by atoms with Crippen LogP contribution in [0.3, 0.4) is 0 Å². The first-order chi connectivity index (χ1) is 7.40. The van der Waals surface area contributed by atoms with Gasteiger partial charge in [0.1, 0.15) is 5.75 Å². The Morgan fingerprint density at radius 1 is 1.25 bits per heavy atom. The normalized spacial score (nSPS) is 11.6. The fourth-order valence-corrected chi connectivity index (χ4v) is 1.99. The third kappa shape index (κ3) is 2.76. The lowest BCUT2D eigenvalue weighted by atomic mass is 9.84. The van der Waals surface area contributed by atoms with Crippen molar-refractivity contribution in [2.75, 3.05) is 13.7 Å². The van der Waals surface area contributed by atoms with E-state index in [-0.39, 0.29) is 5.41 Å². The number of hydrogen-bond donors (Lipinski definition) is 1. The molecule has 1 rings (SSSR count). The second-order valence-corrected chi connectivity index (χ2v) is 5.28. The molecule has 1 aromatic rings. The van der Waals surface area contributed by atoms with Gasteiger partial charge in [0, 0.05) is 5.56 Å². The minimum atomic E-state index is 0.0979. The lowest BCUT2D eigenvalue weighted by Gasteiger charge is -2.24. The first-order valence-electron chi connectivity index (χ1n) is 5.78. The molecule has 0 radical (unpaired) electrons. The van der Waals surface area contributed by atoms with E-state index in [0.29, 0.717) is 6.54 Å². The Morgan fingerprint density at radius 2 is 1.88 bits per heavy atom. The van der Waals surface area contributed by atoms with Crippen LogP contribution in [0.25, 0.3) is 0 Å². The van der Waals surface area contributed by atoms with Crippen LogP contribution in [0.2, 0.25) is 0 Å². The Bertz CT molecular complexity index is 364. The lowest BCUT2D eigenvalue weighted by Crippen LogP contribution is -2.15. The Hall–Kier alpha value is -1.02. The molecule has 0 aliphatic carbocycles.